The van der Waals surface area contributed by atoms with Crippen molar-refractivity contribution in [3.63, 3.8) is 0 Å². The van der Waals surface area contributed by atoms with E-state index in [4.69, 9.17) is 0 Å². The van der Waals surface area contributed by atoms with Crippen LogP contribution < -0.4 is 4.90 Å². The number of hydrogen-bond acceptors (Lipinski definition) is 3. The maximum absolute atomic E-state index is 2.48. The summed E-state index contributed by atoms with van der Waals surface area (Å²) in [5.41, 5.74) is 8.46. The second-order valence-corrected chi connectivity index (χ2v) is 14.6. The summed E-state index contributed by atoms with van der Waals surface area (Å²) >= 11 is 3.76. The number of fused-ring (bicyclic) bond motifs is 7. The number of nitrogens with zero attached hydrogens (tertiary/aromatic N) is 1. The van der Waals surface area contributed by atoms with Crippen LogP contribution in [0.1, 0.15) is 0 Å². The minimum Gasteiger partial charge on any atom is -0.308 e. The molecule has 230 valence electrons. The Hall–Kier alpha value is -5.74. The third-order valence-corrected chi connectivity index (χ3v) is 12.1. The lowest BCUT2D eigenvalue weighted by Crippen LogP contribution is -2.10. The SMILES string of the molecule is c1ccc(-c2cccc3ccc(-c4ccc(N(c5cccc6c5sc5ccccc56)c5cccc6c5sc5ccccc56)cc4)cc23)cc1. The lowest BCUT2D eigenvalue weighted by Gasteiger charge is -2.27. The number of thiophene rings is 2. The van der Waals surface area contributed by atoms with E-state index in [1.165, 1.54) is 84.7 Å². The van der Waals surface area contributed by atoms with Gasteiger partial charge in [0.2, 0.25) is 0 Å². The zero-order chi connectivity index (χ0) is 32.3. The van der Waals surface area contributed by atoms with E-state index >= 15 is 0 Å². The van der Waals surface area contributed by atoms with Crippen molar-refractivity contribution in [3.8, 4) is 22.3 Å². The van der Waals surface area contributed by atoms with Crippen LogP contribution in [0.25, 0.3) is 73.4 Å². The van der Waals surface area contributed by atoms with Gasteiger partial charge in [0.25, 0.3) is 0 Å². The molecular weight excluding hydrogens is 631 g/mol. The van der Waals surface area contributed by atoms with Crippen molar-refractivity contribution in [2.75, 3.05) is 4.90 Å². The molecule has 0 amide bonds. The molecule has 0 bridgehead atoms. The summed E-state index contributed by atoms with van der Waals surface area (Å²) in [4.78, 5) is 2.48. The van der Waals surface area contributed by atoms with E-state index in [9.17, 15) is 0 Å². The molecule has 3 heteroatoms. The molecule has 49 heavy (non-hydrogen) atoms. The second-order valence-electron chi connectivity index (χ2n) is 12.5. The third-order valence-electron chi connectivity index (χ3n) is 9.67. The summed E-state index contributed by atoms with van der Waals surface area (Å²) in [5, 5.41) is 7.74. The Kier molecular flexibility index (Phi) is 6.61. The van der Waals surface area contributed by atoms with Gasteiger partial charge in [0.1, 0.15) is 0 Å². The molecule has 0 aliphatic heterocycles. The predicted octanol–water partition coefficient (Wildman–Crippen LogP) is 14.4. The molecule has 0 saturated carbocycles. The lowest BCUT2D eigenvalue weighted by atomic mass is 9.95. The Balaban J connectivity index is 1.16. The minimum absolute atomic E-state index is 1.14. The molecule has 0 unspecified atom stereocenters. The molecule has 2 aromatic heterocycles. The number of benzene rings is 8. The fourth-order valence-electron chi connectivity index (χ4n) is 7.35. The summed E-state index contributed by atoms with van der Waals surface area (Å²) in [7, 11) is 0. The zero-order valence-electron chi connectivity index (χ0n) is 26.5. The summed E-state index contributed by atoms with van der Waals surface area (Å²) < 4.78 is 5.22. The van der Waals surface area contributed by atoms with Crippen LogP contribution in [0, 0.1) is 0 Å². The van der Waals surface area contributed by atoms with Gasteiger partial charge in [0.15, 0.2) is 0 Å². The maximum Gasteiger partial charge on any atom is 0.0640 e. The van der Waals surface area contributed by atoms with Crippen molar-refractivity contribution in [2.45, 2.75) is 0 Å². The van der Waals surface area contributed by atoms with Crippen LogP contribution in [0.5, 0.6) is 0 Å². The van der Waals surface area contributed by atoms with Gasteiger partial charge in [0.05, 0.1) is 20.8 Å². The summed E-state index contributed by atoms with van der Waals surface area (Å²) in [5.74, 6) is 0. The highest BCUT2D eigenvalue weighted by atomic mass is 32.1. The Morgan fingerprint density at radius 2 is 0.898 bits per heavy atom. The normalized spacial score (nSPS) is 11.7. The van der Waals surface area contributed by atoms with Crippen molar-refractivity contribution in [1.29, 1.82) is 0 Å². The van der Waals surface area contributed by atoms with E-state index in [2.05, 4.69) is 181 Å². The largest absolute Gasteiger partial charge is 0.308 e. The standard InChI is InChI=1S/C46H29NS2/c1-2-11-31(12-3-1)35-16-8-13-32-23-24-33(29-40(32)35)30-25-27-34(28-26-30)47(41-19-9-17-38-36-14-4-6-21-43(36)48-45(38)41)42-20-10-18-39-37-15-5-7-22-44(37)49-46(39)42/h1-29H. The molecule has 0 aliphatic rings. The van der Waals surface area contributed by atoms with Gasteiger partial charge in [-0.15, -0.1) is 22.7 Å². The number of anilines is 3. The van der Waals surface area contributed by atoms with Crippen molar-refractivity contribution in [3.05, 3.63) is 176 Å². The Morgan fingerprint density at radius 1 is 0.347 bits per heavy atom. The molecule has 0 N–H and O–H groups in total. The first-order valence-corrected chi connectivity index (χ1v) is 18.2. The monoisotopic (exact) mass is 659 g/mol. The fraction of sp³-hybridized carbons (Fsp3) is 0. The molecule has 0 atom stereocenters. The smallest absolute Gasteiger partial charge is 0.0640 e. The van der Waals surface area contributed by atoms with Gasteiger partial charge in [-0.25, -0.2) is 0 Å². The lowest BCUT2D eigenvalue weighted by molar-refractivity contribution is 1.32. The zero-order valence-corrected chi connectivity index (χ0v) is 28.1. The van der Waals surface area contributed by atoms with Crippen LogP contribution >= 0.6 is 22.7 Å². The molecule has 0 aliphatic carbocycles. The van der Waals surface area contributed by atoms with E-state index in [1.54, 1.807) is 0 Å². The second kappa shape index (κ2) is 11.5. The summed E-state index contributed by atoms with van der Waals surface area (Å²) in [6.45, 7) is 0. The Bertz CT molecular complexity index is 2710. The predicted molar refractivity (Wildman–Crippen MR) is 215 cm³/mol. The molecule has 0 spiro atoms. The quantitative estimate of drug-likeness (QED) is 0.178. The topological polar surface area (TPSA) is 3.24 Å². The summed E-state index contributed by atoms with van der Waals surface area (Å²) in [6, 6.07) is 64.3. The summed E-state index contributed by atoms with van der Waals surface area (Å²) in [6.07, 6.45) is 0. The average molecular weight is 660 g/mol. The van der Waals surface area contributed by atoms with Crippen LogP contribution in [0.15, 0.2) is 176 Å². The highest BCUT2D eigenvalue weighted by Gasteiger charge is 2.21. The molecule has 0 fully saturated rings. The van der Waals surface area contributed by atoms with Crippen LogP contribution in [-0.4, -0.2) is 0 Å². The third kappa shape index (κ3) is 4.66. The maximum atomic E-state index is 2.48. The van der Waals surface area contributed by atoms with Gasteiger partial charge in [-0.05, 0) is 75.5 Å². The highest BCUT2D eigenvalue weighted by molar-refractivity contribution is 7.27. The molecule has 0 radical (unpaired) electrons. The van der Waals surface area contributed by atoms with Crippen molar-refractivity contribution >= 4 is 90.9 Å². The van der Waals surface area contributed by atoms with Crippen molar-refractivity contribution in [1.82, 2.24) is 0 Å². The first-order chi connectivity index (χ1) is 24.3. The average Bonchev–Trinajstić information content (AvgIpc) is 3.75. The van der Waals surface area contributed by atoms with Gasteiger partial charge in [-0.2, -0.15) is 0 Å². The van der Waals surface area contributed by atoms with Gasteiger partial charge < -0.3 is 4.90 Å². The first kappa shape index (κ1) is 28.3. The Morgan fingerprint density at radius 3 is 1.55 bits per heavy atom. The van der Waals surface area contributed by atoms with Gasteiger partial charge >= 0.3 is 0 Å². The van der Waals surface area contributed by atoms with Gasteiger partial charge in [-0.3, -0.25) is 0 Å². The molecule has 10 rings (SSSR count). The van der Waals surface area contributed by atoms with E-state index in [0.717, 1.165) is 5.69 Å². The van der Waals surface area contributed by atoms with Gasteiger partial charge in [-0.1, -0.05) is 133 Å². The van der Waals surface area contributed by atoms with Crippen molar-refractivity contribution in [2.24, 2.45) is 0 Å². The van der Waals surface area contributed by atoms with Gasteiger partial charge in [0, 0.05) is 36.6 Å². The molecule has 2 heterocycles. The van der Waals surface area contributed by atoms with E-state index in [-0.39, 0.29) is 0 Å². The highest BCUT2D eigenvalue weighted by Crippen LogP contribution is 2.49. The minimum atomic E-state index is 1.14. The van der Waals surface area contributed by atoms with E-state index < -0.39 is 0 Å². The van der Waals surface area contributed by atoms with Crippen LogP contribution in [0.2, 0.25) is 0 Å². The van der Waals surface area contributed by atoms with Crippen molar-refractivity contribution < 1.29 is 0 Å². The molecule has 10 aromatic rings. The van der Waals surface area contributed by atoms with Crippen LogP contribution in [0.3, 0.4) is 0 Å². The fourth-order valence-corrected chi connectivity index (χ4v) is 9.76. The molecule has 0 saturated heterocycles. The molecule has 1 nitrogen and oxygen atoms in total. The first-order valence-electron chi connectivity index (χ1n) is 16.6. The van der Waals surface area contributed by atoms with E-state index in [1.807, 2.05) is 22.7 Å². The Labute approximate surface area is 292 Å². The van der Waals surface area contributed by atoms with Crippen LogP contribution in [-0.2, 0) is 0 Å². The number of rotatable bonds is 5. The number of hydrogen-bond donors (Lipinski definition) is 0. The molecule has 8 aromatic carbocycles. The van der Waals surface area contributed by atoms with Crippen LogP contribution in [0.4, 0.5) is 17.1 Å². The molecular formula is C46H29NS2. The van der Waals surface area contributed by atoms with E-state index in [0.29, 0.717) is 0 Å².